The molecule has 0 aliphatic heterocycles. The molecule has 0 heterocycles. The second-order valence-electron chi connectivity index (χ2n) is 5.16. The number of benzene rings is 1. The number of hydrogen-bond donors (Lipinski definition) is 1. The molecule has 0 aromatic heterocycles. The van der Waals surface area contributed by atoms with Gasteiger partial charge in [0, 0.05) is 24.7 Å². The van der Waals surface area contributed by atoms with Gasteiger partial charge in [-0.2, -0.15) is 0 Å². The van der Waals surface area contributed by atoms with E-state index in [2.05, 4.69) is 4.90 Å². The normalized spacial score (nSPS) is 17.5. The molecule has 1 fully saturated rings. The van der Waals surface area contributed by atoms with Gasteiger partial charge < -0.3 is 5.73 Å². The van der Waals surface area contributed by atoms with Crippen molar-refractivity contribution in [2.45, 2.75) is 25.8 Å². The van der Waals surface area contributed by atoms with Crippen molar-refractivity contribution < 1.29 is 4.39 Å². The van der Waals surface area contributed by atoms with Crippen LogP contribution >= 0.6 is 0 Å². The summed E-state index contributed by atoms with van der Waals surface area (Å²) in [5.74, 6) is 0.649. The predicted octanol–water partition coefficient (Wildman–Crippen LogP) is 2.48. The maximum atomic E-state index is 13.8. The van der Waals surface area contributed by atoms with Crippen LogP contribution < -0.4 is 5.73 Å². The van der Waals surface area contributed by atoms with E-state index in [1.54, 1.807) is 6.07 Å². The first-order chi connectivity index (χ1) is 8.11. The van der Waals surface area contributed by atoms with Crippen molar-refractivity contribution in [1.82, 2.24) is 4.90 Å². The largest absolute Gasteiger partial charge is 0.329 e. The highest BCUT2D eigenvalue weighted by Crippen LogP contribution is 2.32. The molecule has 1 aliphatic rings. The van der Waals surface area contributed by atoms with E-state index < -0.39 is 0 Å². The van der Waals surface area contributed by atoms with Crippen molar-refractivity contribution in [1.29, 1.82) is 0 Å². The zero-order valence-electron chi connectivity index (χ0n) is 10.6. The first-order valence-electron chi connectivity index (χ1n) is 6.28. The third kappa shape index (κ3) is 3.05. The SMILES string of the molecule is Cc1ccc(F)c(C(CN)N(C)CC2CC2)c1. The molecule has 1 saturated carbocycles. The molecule has 0 spiro atoms. The molecular formula is C14H21FN2. The lowest BCUT2D eigenvalue weighted by atomic mass is 10.0. The molecule has 2 N–H and O–H groups in total. The van der Waals surface area contributed by atoms with E-state index in [1.807, 2.05) is 20.0 Å². The average molecular weight is 236 g/mol. The summed E-state index contributed by atoms with van der Waals surface area (Å²) in [6.45, 7) is 3.47. The standard InChI is InChI=1S/C14H21FN2/c1-10-3-6-13(15)12(7-10)14(8-16)17(2)9-11-4-5-11/h3,6-7,11,14H,4-5,8-9,16H2,1-2H3. The van der Waals surface area contributed by atoms with Gasteiger partial charge >= 0.3 is 0 Å². The van der Waals surface area contributed by atoms with E-state index >= 15 is 0 Å². The van der Waals surface area contributed by atoms with Crippen molar-refractivity contribution >= 4 is 0 Å². The topological polar surface area (TPSA) is 29.3 Å². The van der Waals surface area contributed by atoms with Gasteiger partial charge in [-0.3, -0.25) is 4.90 Å². The summed E-state index contributed by atoms with van der Waals surface area (Å²) in [6, 6.07) is 5.25. The summed E-state index contributed by atoms with van der Waals surface area (Å²) in [5.41, 5.74) is 7.63. The number of rotatable bonds is 5. The van der Waals surface area contributed by atoms with E-state index in [9.17, 15) is 4.39 Å². The molecule has 1 aromatic carbocycles. The molecule has 0 radical (unpaired) electrons. The zero-order valence-corrected chi connectivity index (χ0v) is 10.6. The third-order valence-electron chi connectivity index (χ3n) is 3.51. The number of halogens is 1. The van der Waals surface area contributed by atoms with Crippen LogP contribution in [0.15, 0.2) is 18.2 Å². The van der Waals surface area contributed by atoms with Crippen LogP contribution in [0.3, 0.4) is 0 Å². The molecule has 2 nitrogen and oxygen atoms in total. The Bertz CT molecular complexity index is 388. The van der Waals surface area contributed by atoms with Crippen LogP contribution in [-0.2, 0) is 0 Å². The molecule has 2 rings (SSSR count). The summed E-state index contributed by atoms with van der Waals surface area (Å²) < 4.78 is 13.8. The van der Waals surface area contributed by atoms with E-state index in [4.69, 9.17) is 5.73 Å². The first kappa shape index (κ1) is 12.5. The van der Waals surface area contributed by atoms with Crippen LogP contribution in [0, 0.1) is 18.7 Å². The van der Waals surface area contributed by atoms with Crippen molar-refractivity contribution in [3.63, 3.8) is 0 Å². The Morgan fingerprint density at radius 2 is 2.18 bits per heavy atom. The Kier molecular flexibility index (Phi) is 3.79. The minimum Gasteiger partial charge on any atom is -0.329 e. The average Bonchev–Trinajstić information content (AvgIpc) is 3.08. The minimum absolute atomic E-state index is 0.00417. The minimum atomic E-state index is -0.145. The van der Waals surface area contributed by atoms with Crippen molar-refractivity contribution in [2.24, 2.45) is 11.7 Å². The number of hydrogen-bond acceptors (Lipinski definition) is 2. The molecule has 94 valence electrons. The van der Waals surface area contributed by atoms with Crippen LogP contribution in [0.2, 0.25) is 0 Å². The Balaban J connectivity index is 2.17. The summed E-state index contributed by atoms with van der Waals surface area (Å²) in [5, 5.41) is 0. The monoisotopic (exact) mass is 236 g/mol. The van der Waals surface area contributed by atoms with Crippen LogP contribution in [-0.4, -0.2) is 25.0 Å². The highest BCUT2D eigenvalue weighted by Gasteiger charge is 2.27. The van der Waals surface area contributed by atoms with E-state index in [1.165, 1.54) is 18.9 Å². The Hall–Kier alpha value is -0.930. The first-order valence-corrected chi connectivity index (χ1v) is 6.28. The smallest absolute Gasteiger partial charge is 0.128 e. The molecule has 1 aliphatic carbocycles. The zero-order chi connectivity index (χ0) is 12.4. The van der Waals surface area contributed by atoms with E-state index in [0.29, 0.717) is 6.54 Å². The van der Waals surface area contributed by atoms with Gasteiger partial charge in [0.25, 0.3) is 0 Å². The van der Waals surface area contributed by atoms with Gasteiger partial charge in [-0.15, -0.1) is 0 Å². The number of nitrogens with zero attached hydrogens (tertiary/aromatic N) is 1. The summed E-state index contributed by atoms with van der Waals surface area (Å²) in [4.78, 5) is 2.19. The Morgan fingerprint density at radius 3 is 2.76 bits per heavy atom. The lowest BCUT2D eigenvalue weighted by Crippen LogP contribution is -2.32. The van der Waals surface area contributed by atoms with Gasteiger partial charge in [-0.25, -0.2) is 4.39 Å². The molecule has 17 heavy (non-hydrogen) atoms. The van der Waals surface area contributed by atoms with Gasteiger partial charge in [0.15, 0.2) is 0 Å². The Morgan fingerprint density at radius 1 is 1.47 bits per heavy atom. The molecule has 0 amide bonds. The van der Waals surface area contributed by atoms with Crippen LogP contribution in [0.4, 0.5) is 4.39 Å². The highest BCUT2D eigenvalue weighted by atomic mass is 19.1. The lowest BCUT2D eigenvalue weighted by molar-refractivity contribution is 0.235. The fraction of sp³-hybridized carbons (Fsp3) is 0.571. The van der Waals surface area contributed by atoms with E-state index in [-0.39, 0.29) is 11.9 Å². The van der Waals surface area contributed by atoms with Gasteiger partial charge in [0.05, 0.1) is 0 Å². The van der Waals surface area contributed by atoms with Crippen LogP contribution in [0.25, 0.3) is 0 Å². The van der Waals surface area contributed by atoms with Crippen LogP contribution in [0.1, 0.15) is 30.0 Å². The maximum Gasteiger partial charge on any atom is 0.128 e. The number of aryl methyl sites for hydroxylation is 1. The van der Waals surface area contributed by atoms with Gasteiger partial charge in [-0.1, -0.05) is 17.7 Å². The number of nitrogens with two attached hydrogens (primary N) is 1. The Labute approximate surface area is 103 Å². The quantitative estimate of drug-likeness (QED) is 0.851. The summed E-state index contributed by atoms with van der Waals surface area (Å²) in [7, 11) is 2.04. The van der Waals surface area contributed by atoms with Crippen LogP contribution in [0.5, 0.6) is 0 Å². The molecule has 1 aromatic rings. The van der Waals surface area contributed by atoms with Gasteiger partial charge in [-0.05, 0) is 38.8 Å². The second kappa shape index (κ2) is 5.15. The van der Waals surface area contributed by atoms with Gasteiger partial charge in [0.2, 0.25) is 0 Å². The molecule has 0 saturated heterocycles. The van der Waals surface area contributed by atoms with Crippen molar-refractivity contribution in [2.75, 3.05) is 20.1 Å². The summed E-state index contributed by atoms with van der Waals surface area (Å²) in [6.07, 6.45) is 2.61. The molecule has 1 unspecified atom stereocenters. The van der Waals surface area contributed by atoms with Crippen molar-refractivity contribution in [3.05, 3.63) is 35.1 Å². The fourth-order valence-electron chi connectivity index (χ4n) is 2.30. The highest BCUT2D eigenvalue weighted by molar-refractivity contribution is 5.27. The summed E-state index contributed by atoms with van der Waals surface area (Å²) >= 11 is 0. The molecule has 0 bridgehead atoms. The molecule has 1 atom stereocenters. The van der Waals surface area contributed by atoms with Gasteiger partial charge in [0.1, 0.15) is 5.82 Å². The molecule has 3 heteroatoms. The van der Waals surface area contributed by atoms with E-state index in [0.717, 1.165) is 23.6 Å². The lowest BCUT2D eigenvalue weighted by Gasteiger charge is -2.27. The van der Waals surface area contributed by atoms with Crippen molar-refractivity contribution in [3.8, 4) is 0 Å². The fourth-order valence-corrected chi connectivity index (χ4v) is 2.30. The maximum absolute atomic E-state index is 13.8. The number of likely N-dealkylation sites (N-methyl/N-ethyl adjacent to an activating group) is 1. The third-order valence-corrected chi connectivity index (χ3v) is 3.51. The predicted molar refractivity (Wildman–Crippen MR) is 68.3 cm³/mol. The second-order valence-corrected chi connectivity index (χ2v) is 5.16. The molecular weight excluding hydrogens is 215 g/mol.